The summed E-state index contributed by atoms with van der Waals surface area (Å²) < 4.78 is 10.5. The van der Waals surface area contributed by atoms with Crippen molar-refractivity contribution in [1.29, 1.82) is 0 Å². The van der Waals surface area contributed by atoms with Crippen LogP contribution in [0.2, 0.25) is 0 Å². The maximum atomic E-state index is 12.3. The quantitative estimate of drug-likeness (QED) is 0.899. The van der Waals surface area contributed by atoms with Gasteiger partial charge in [-0.25, -0.2) is 0 Å². The Hall–Kier alpha value is -3.02. The van der Waals surface area contributed by atoms with Crippen molar-refractivity contribution in [3.8, 4) is 11.5 Å². The van der Waals surface area contributed by atoms with E-state index in [1.54, 1.807) is 42.5 Å². The maximum absolute atomic E-state index is 12.3. The van der Waals surface area contributed by atoms with Crippen LogP contribution in [0, 0.1) is 0 Å². The van der Waals surface area contributed by atoms with Gasteiger partial charge in [-0.1, -0.05) is 0 Å². The Kier molecular flexibility index (Phi) is 4.35. The van der Waals surface area contributed by atoms with E-state index in [0.717, 1.165) is 0 Å². The Morgan fingerprint density at radius 2 is 1.48 bits per heavy atom. The third kappa shape index (κ3) is 4.09. The molecule has 0 saturated heterocycles. The predicted molar refractivity (Wildman–Crippen MR) is 94.2 cm³/mol. The van der Waals surface area contributed by atoms with Crippen LogP contribution < -0.4 is 20.1 Å². The number of benzene rings is 2. The number of ether oxygens (including phenoxy) is 2. The van der Waals surface area contributed by atoms with Crippen molar-refractivity contribution in [3.05, 3.63) is 53.6 Å². The molecular formula is C19H20N2O4. The van der Waals surface area contributed by atoms with Gasteiger partial charge in [-0.2, -0.15) is 0 Å². The van der Waals surface area contributed by atoms with E-state index in [0.29, 0.717) is 28.3 Å². The third-order valence-electron chi connectivity index (χ3n) is 3.53. The lowest BCUT2D eigenvalue weighted by atomic mass is 10.1. The smallest absolute Gasteiger partial charge is 0.255 e. The molecule has 0 radical (unpaired) electrons. The summed E-state index contributed by atoms with van der Waals surface area (Å²) in [6.45, 7) is 5.93. The van der Waals surface area contributed by atoms with Crippen LogP contribution in [0.5, 0.6) is 11.5 Å². The summed E-state index contributed by atoms with van der Waals surface area (Å²) in [5.41, 5.74) is 1.27. The summed E-state index contributed by atoms with van der Waals surface area (Å²) in [7, 11) is 0. The van der Waals surface area contributed by atoms with Crippen LogP contribution in [-0.2, 0) is 0 Å². The summed E-state index contributed by atoms with van der Waals surface area (Å²) in [4.78, 5) is 24.4. The molecule has 2 N–H and O–H groups in total. The van der Waals surface area contributed by atoms with Crippen molar-refractivity contribution < 1.29 is 19.1 Å². The number of carbonyl (C=O) groups is 2. The van der Waals surface area contributed by atoms with E-state index in [1.165, 1.54) is 0 Å². The minimum atomic E-state index is -0.313. The molecule has 3 rings (SSSR count). The van der Waals surface area contributed by atoms with Crippen molar-refractivity contribution >= 4 is 17.5 Å². The molecule has 0 bridgehead atoms. The van der Waals surface area contributed by atoms with Crippen LogP contribution in [0.4, 0.5) is 5.69 Å². The molecule has 2 aromatic rings. The first kappa shape index (κ1) is 16.8. The molecule has 2 aromatic carbocycles. The highest BCUT2D eigenvalue weighted by atomic mass is 16.7. The van der Waals surface area contributed by atoms with Crippen LogP contribution in [0.1, 0.15) is 41.5 Å². The second-order valence-corrected chi connectivity index (χ2v) is 6.80. The number of nitrogens with one attached hydrogen (secondary N) is 2. The molecule has 0 spiro atoms. The van der Waals surface area contributed by atoms with Crippen LogP contribution >= 0.6 is 0 Å². The zero-order valence-corrected chi connectivity index (χ0v) is 14.4. The Labute approximate surface area is 146 Å². The Bertz CT molecular complexity index is 807. The standard InChI is InChI=1S/C19H20N2O4/c1-19(2,3)21-18(23)13-6-4-12(5-7-13)17(22)20-14-8-9-15-16(10-14)25-11-24-15/h4-10H,11H2,1-3H3,(H,20,22)(H,21,23). The van der Waals surface area contributed by atoms with Gasteiger partial charge in [0.1, 0.15) is 0 Å². The fourth-order valence-electron chi connectivity index (χ4n) is 2.36. The number of amides is 2. The van der Waals surface area contributed by atoms with Gasteiger partial charge in [0.15, 0.2) is 11.5 Å². The van der Waals surface area contributed by atoms with Gasteiger partial charge >= 0.3 is 0 Å². The molecule has 0 aliphatic carbocycles. The molecule has 25 heavy (non-hydrogen) atoms. The lowest BCUT2D eigenvalue weighted by Crippen LogP contribution is -2.40. The molecule has 0 unspecified atom stereocenters. The average Bonchev–Trinajstić information content (AvgIpc) is 3.01. The molecular weight excluding hydrogens is 320 g/mol. The number of hydrogen-bond acceptors (Lipinski definition) is 4. The highest BCUT2D eigenvalue weighted by molar-refractivity contribution is 6.05. The van der Waals surface area contributed by atoms with Crippen LogP contribution in [0.3, 0.4) is 0 Å². The number of anilines is 1. The van der Waals surface area contributed by atoms with E-state index in [9.17, 15) is 9.59 Å². The van der Waals surface area contributed by atoms with E-state index in [-0.39, 0.29) is 24.1 Å². The Morgan fingerprint density at radius 1 is 0.880 bits per heavy atom. The minimum absolute atomic E-state index is 0.171. The van der Waals surface area contributed by atoms with E-state index in [4.69, 9.17) is 9.47 Å². The van der Waals surface area contributed by atoms with E-state index in [1.807, 2.05) is 20.8 Å². The van der Waals surface area contributed by atoms with Crippen molar-refractivity contribution in [2.75, 3.05) is 12.1 Å². The zero-order valence-electron chi connectivity index (χ0n) is 14.4. The van der Waals surface area contributed by atoms with Crippen molar-refractivity contribution in [2.24, 2.45) is 0 Å². The number of hydrogen-bond donors (Lipinski definition) is 2. The molecule has 2 amide bonds. The summed E-state index contributed by atoms with van der Waals surface area (Å²) in [5.74, 6) is 0.830. The first-order chi connectivity index (χ1) is 11.8. The fourth-order valence-corrected chi connectivity index (χ4v) is 2.36. The molecule has 0 atom stereocenters. The van der Waals surface area contributed by atoms with Crippen LogP contribution in [0.25, 0.3) is 0 Å². The van der Waals surface area contributed by atoms with Gasteiger partial charge in [0, 0.05) is 28.4 Å². The lowest BCUT2D eigenvalue weighted by molar-refractivity contribution is 0.0918. The average molecular weight is 340 g/mol. The third-order valence-corrected chi connectivity index (χ3v) is 3.53. The van der Waals surface area contributed by atoms with Gasteiger partial charge in [0.25, 0.3) is 11.8 Å². The number of fused-ring (bicyclic) bond motifs is 1. The molecule has 1 aliphatic heterocycles. The van der Waals surface area contributed by atoms with Gasteiger partial charge in [0.05, 0.1) is 0 Å². The van der Waals surface area contributed by atoms with Crippen LogP contribution in [0.15, 0.2) is 42.5 Å². The Balaban J connectivity index is 1.67. The van der Waals surface area contributed by atoms with Crippen LogP contribution in [-0.4, -0.2) is 24.1 Å². The molecule has 0 aromatic heterocycles. The molecule has 1 heterocycles. The lowest BCUT2D eigenvalue weighted by Gasteiger charge is -2.20. The van der Waals surface area contributed by atoms with E-state index in [2.05, 4.69) is 10.6 Å². The molecule has 0 fully saturated rings. The second kappa shape index (κ2) is 6.47. The normalized spacial score (nSPS) is 12.6. The van der Waals surface area contributed by atoms with Crippen molar-refractivity contribution in [3.63, 3.8) is 0 Å². The molecule has 130 valence electrons. The fraction of sp³-hybridized carbons (Fsp3) is 0.263. The molecule has 6 heteroatoms. The number of carbonyl (C=O) groups excluding carboxylic acids is 2. The van der Waals surface area contributed by atoms with Gasteiger partial charge in [0.2, 0.25) is 6.79 Å². The van der Waals surface area contributed by atoms with E-state index < -0.39 is 0 Å². The SMILES string of the molecule is CC(C)(C)NC(=O)c1ccc(C(=O)Nc2ccc3c(c2)OCO3)cc1. The predicted octanol–water partition coefficient (Wildman–Crippen LogP) is 3.20. The second-order valence-electron chi connectivity index (χ2n) is 6.80. The maximum Gasteiger partial charge on any atom is 0.255 e. The summed E-state index contributed by atoms with van der Waals surface area (Å²) in [6.07, 6.45) is 0. The topological polar surface area (TPSA) is 76.7 Å². The Morgan fingerprint density at radius 3 is 2.12 bits per heavy atom. The summed E-state index contributed by atoms with van der Waals surface area (Å²) in [5, 5.41) is 5.68. The molecule has 0 saturated carbocycles. The highest BCUT2D eigenvalue weighted by Gasteiger charge is 2.17. The molecule has 6 nitrogen and oxygen atoms in total. The van der Waals surface area contributed by atoms with Crippen molar-refractivity contribution in [1.82, 2.24) is 5.32 Å². The van der Waals surface area contributed by atoms with Gasteiger partial charge in [-0.05, 0) is 57.2 Å². The minimum Gasteiger partial charge on any atom is -0.454 e. The van der Waals surface area contributed by atoms with E-state index >= 15 is 0 Å². The summed E-state index contributed by atoms with van der Waals surface area (Å²) >= 11 is 0. The van der Waals surface area contributed by atoms with Gasteiger partial charge in [-0.15, -0.1) is 0 Å². The number of rotatable bonds is 3. The van der Waals surface area contributed by atoms with Gasteiger partial charge in [-0.3, -0.25) is 9.59 Å². The van der Waals surface area contributed by atoms with Gasteiger partial charge < -0.3 is 20.1 Å². The monoisotopic (exact) mass is 340 g/mol. The highest BCUT2D eigenvalue weighted by Crippen LogP contribution is 2.34. The van der Waals surface area contributed by atoms with Crippen molar-refractivity contribution in [2.45, 2.75) is 26.3 Å². The first-order valence-electron chi connectivity index (χ1n) is 7.95. The zero-order chi connectivity index (χ0) is 18.0. The first-order valence-corrected chi connectivity index (χ1v) is 7.95. The molecule has 1 aliphatic rings. The summed E-state index contributed by atoms with van der Waals surface area (Å²) in [6, 6.07) is 11.7. The largest absolute Gasteiger partial charge is 0.454 e.